The van der Waals surface area contributed by atoms with Crippen LogP contribution in [0.5, 0.6) is 0 Å². The van der Waals surface area contributed by atoms with Crippen LogP contribution in [0.15, 0.2) is 12.3 Å². The Bertz CT molecular complexity index is 539. The Morgan fingerprint density at radius 2 is 2.30 bits per heavy atom. The van der Waals surface area contributed by atoms with Crippen molar-refractivity contribution in [1.82, 2.24) is 9.88 Å². The standard InChI is InChI=1S/C12H16N4O4/c13-12(18)8-2-1-3-15(6-8)7-11(17)10-4-9(5-14-10)16(19)20/h4-5,8,14H,1-3,6-7H2,(H2,13,18). The second kappa shape index (κ2) is 5.83. The molecule has 0 bridgehead atoms. The predicted octanol–water partition coefficient (Wildman–Crippen LogP) is 0.303. The lowest BCUT2D eigenvalue weighted by atomic mass is 9.97. The van der Waals surface area contributed by atoms with Crippen LogP contribution < -0.4 is 5.73 Å². The van der Waals surface area contributed by atoms with Crippen LogP contribution in [0.25, 0.3) is 0 Å². The van der Waals surface area contributed by atoms with Crippen molar-refractivity contribution in [3.8, 4) is 0 Å². The number of nitrogens with one attached hydrogen (secondary N) is 1. The summed E-state index contributed by atoms with van der Waals surface area (Å²) in [5.41, 5.74) is 5.35. The number of carbonyl (C=O) groups excluding carboxylic acids is 2. The molecular weight excluding hydrogens is 264 g/mol. The molecule has 0 aliphatic carbocycles. The zero-order chi connectivity index (χ0) is 14.7. The molecule has 1 atom stereocenters. The maximum absolute atomic E-state index is 12.0. The molecule has 0 saturated carbocycles. The minimum Gasteiger partial charge on any atom is -0.369 e. The van der Waals surface area contributed by atoms with Gasteiger partial charge in [0.1, 0.15) is 0 Å². The average molecular weight is 280 g/mol. The highest BCUT2D eigenvalue weighted by atomic mass is 16.6. The molecule has 0 radical (unpaired) electrons. The van der Waals surface area contributed by atoms with Gasteiger partial charge in [-0.25, -0.2) is 0 Å². The number of carbonyl (C=O) groups is 2. The summed E-state index contributed by atoms with van der Waals surface area (Å²) in [5, 5.41) is 10.6. The Kier molecular flexibility index (Phi) is 4.14. The number of aromatic nitrogens is 1. The third-order valence-corrected chi connectivity index (χ3v) is 3.45. The third-order valence-electron chi connectivity index (χ3n) is 3.45. The minimum absolute atomic E-state index is 0.126. The van der Waals surface area contributed by atoms with E-state index in [0.29, 0.717) is 6.54 Å². The number of rotatable bonds is 5. The smallest absolute Gasteiger partial charge is 0.287 e. The van der Waals surface area contributed by atoms with Crippen molar-refractivity contribution in [2.75, 3.05) is 19.6 Å². The van der Waals surface area contributed by atoms with E-state index < -0.39 is 4.92 Å². The summed E-state index contributed by atoms with van der Waals surface area (Å²) in [6.45, 7) is 1.31. The summed E-state index contributed by atoms with van der Waals surface area (Å²) in [7, 11) is 0. The van der Waals surface area contributed by atoms with Crippen molar-refractivity contribution in [3.05, 3.63) is 28.1 Å². The number of hydrogen-bond acceptors (Lipinski definition) is 5. The van der Waals surface area contributed by atoms with Crippen molar-refractivity contribution in [1.29, 1.82) is 0 Å². The fourth-order valence-electron chi connectivity index (χ4n) is 2.37. The van der Waals surface area contributed by atoms with E-state index in [0.717, 1.165) is 19.4 Å². The van der Waals surface area contributed by atoms with Crippen LogP contribution in [-0.2, 0) is 4.79 Å². The molecule has 1 saturated heterocycles. The van der Waals surface area contributed by atoms with Crippen LogP contribution in [-0.4, -0.2) is 46.1 Å². The van der Waals surface area contributed by atoms with Crippen molar-refractivity contribution in [2.45, 2.75) is 12.8 Å². The molecule has 8 heteroatoms. The van der Waals surface area contributed by atoms with Gasteiger partial charge in [-0.05, 0) is 19.4 Å². The van der Waals surface area contributed by atoms with Crippen LogP contribution in [0.3, 0.4) is 0 Å². The average Bonchev–Trinajstić information content (AvgIpc) is 2.88. The quantitative estimate of drug-likeness (QED) is 0.456. The Labute approximate surface area is 115 Å². The first-order valence-corrected chi connectivity index (χ1v) is 6.35. The first kappa shape index (κ1) is 14.2. The van der Waals surface area contributed by atoms with E-state index in [1.165, 1.54) is 12.3 Å². The summed E-state index contributed by atoms with van der Waals surface area (Å²) >= 11 is 0. The van der Waals surface area contributed by atoms with Crippen LogP contribution in [0.4, 0.5) is 5.69 Å². The molecule has 1 aliphatic rings. The lowest BCUT2D eigenvalue weighted by molar-refractivity contribution is -0.384. The van der Waals surface area contributed by atoms with Crippen molar-refractivity contribution < 1.29 is 14.5 Å². The summed E-state index contributed by atoms with van der Waals surface area (Å²) in [6.07, 6.45) is 2.75. The maximum Gasteiger partial charge on any atom is 0.287 e. The molecule has 1 unspecified atom stereocenters. The molecule has 1 aromatic heterocycles. The Balaban J connectivity index is 1.96. The van der Waals surface area contributed by atoms with Gasteiger partial charge in [0.2, 0.25) is 5.91 Å². The van der Waals surface area contributed by atoms with Gasteiger partial charge in [0.05, 0.1) is 29.3 Å². The Hall–Kier alpha value is -2.22. The number of amides is 1. The summed E-state index contributed by atoms with van der Waals surface area (Å²) in [4.78, 5) is 37.6. The van der Waals surface area contributed by atoms with E-state index in [9.17, 15) is 19.7 Å². The SMILES string of the molecule is NC(=O)C1CCCN(CC(=O)c2cc([N+](=O)[O-])c[nH]2)C1. The monoisotopic (exact) mass is 280 g/mol. The van der Waals surface area contributed by atoms with Gasteiger partial charge < -0.3 is 10.7 Å². The van der Waals surface area contributed by atoms with Crippen molar-refractivity contribution >= 4 is 17.4 Å². The molecule has 8 nitrogen and oxygen atoms in total. The highest BCUT2D eigenvalue weighted by molar-refractivity contribution is 5.96. The second-order valence-corrected chi connectivity index (χ2v) is 4.93. The molecule has 3 N–H and O–H groups in total. The number of nitrogens with two attached hydrogens (primary N) is 1. The number of piperidine rings is 1. The number of likely N-dealkylation sites (tertiary alicyclic amines) is 1. The van der Waals surface area contributed by atoms with E-state index >= 15 is 0 Å². The summed E-state index contributed by atoms with van der Waals surface area (Å²) < 4.78 is 0. The zero-order valence-electron chi connectivity index (χ0n) is 10.9. The second-order valence-electron chi connectivity index (χ2n) is 4.93. The largest absolute Gasteiger partial charge is 0.369 e. The van der Waals surface area contributed by atoms with Crippen LogP contribution in [0.2, 0.25) is 0 Å². The fraction of sp³-hybridized carbons (Fsp3) is 0.500. The topological polar surface area (TPSA) is 122 Å². The maximum atomic E-state index is 12.0. The van der Waals surface area contributed by atoms with Gasteiger partial charge in [-0.3, -0.25) is 24.6 Å². The van der Waals surface area contributed by atoms with Gasteiger partial charge in [-0.15, -0.1) is 0 Å². The molecule has 2 heterocycles. The number of primary amides is 1. The lowest BCUT2D eigenvalue weighted by Gasteiger charge is -2.30. The molecule has 20 heavy (non-hydrogen) atoms. The van der Waals surface area contributed by atoms with Crippen LogP contribution in [0, 0.1) is 16.0 Å². The fourth-order valence-corrected chi connectivity index (χ4v) is 2.37. The normalized spacial score (nSPS) is 19.7. The minimum atomic E-state index is -0.558. The van der Waals surface area contributed by atoms with E-state index in [2.05, 4.69) is 4.98 Å². The van der Waals surface area contributed by atoms with E-state index in [1.807, 2.05) is 4.90 Å². The first-order valence-electron chi connectivity index (χ1n) is 6.35. The molecule has 2 rings (SSSR count). The predicted molar refractivity (Wildman–Crippen MR) is 70.1 cm³/mol. The van der Waals surface area contributed by atoms with Gasteiger partial charge in [-0.1, -0.05) is 0 Å². The number of ketones is 1. The van der Waals surface area contributed by atoms with E-state index in [4.69, 9.17) is 5.73 Å². The van der Waals surface area contributed by atoms with E-state index in [-0.39, 0.29) is 35.5 Å². The molecule has 1 fully saturated rings. The Morgan fingerprint density at radius 3 is 2.90 bits per heavy atom. The summed E-state index contributed by atoms with van der Waals surface area (Å²) in [6, 6.07) is 1.22. The van der Waals surface area contributed by atoms with Gasteiger partial charge in [0.25, 0.3) is 5.69 Å². The van der Waals surface area contributed by atoms with Gasteiger partial charge in [0.15, 0.2) is 5.78 Å². The van der Waals surface area contributed by atoms with Gasteiger partial charge in [0, 0.05) is 12.6 Å². The number of hydrogen-bond donors (Lipinski definition) is 2. The van der Waals surface area contributed by atoms with E-state index in [1.54, 1.807) is 0 Å². The molecule has 108 valence electrons. The number of aromatic amines is 1. The number of H-pyrrole nitrogens is 1. The number of nitrogens with zero attached hydrogens (tertiary/aromatic N) is 2. The molecule has 0 spiro atoms. The zero-order valence-corrected chi connectivity index (χ0v) is 10.9. The highest BCUT2D eigenvalue weighted by Crippen LogP contribution is 2.17. The van der Waals surface area contributed by atoms with Crippen LogP contribution in [0.1, 0.15) is 23.3 Å². The molecule has 1 aliphatic heterocycles. The van der Waals surface area contributed by atoms with Crippen LogP contribution >= 0.6 is 0 Å². The van der Waals surface area contributed by atoms with Crippen molar-refractivity contribution in [3.63, 3.8) is 0 Å². The third kappa shape index (κ3) is 3.21. The molecule has 1 aromatic rings. The molecule has 1 amide bonds. The van der Waals surface area contributed by atoms with Gasteiger partial charge >= 0.3 is 0 Å². The summed E-state index contributed by atoms with van der Waals surface area (Å²) in [5.74, 6) is -0.810. The Morgan fingerprint density at radius 1 is 1.55 bits per heavy atom. The number of Topliss-reactive ketones (excluding diaryl/α,β-unsaturated/α-hetero) is 1. The van der Waals surface area contributed by atoms with Gasteiger partial charge in [-0.2, -0.15) is 0 Å². The van der Waals surface area contributed by atoms with Crippen molar-refractivity contribution in [2.24, 2.45) is 11.7 Å². The first-order chi connectivity index (χ1) is 9.47. The molecule has 0 aromatic carbocycles. The highest BCUT2D eigenvalue weighted by Gasteiger charge is 2.26. The lowest BCUT2D eigenvalue weighted by Crippen LogP contribution is -2.43. The molecular formula is C12H16N4O4. The number of nitro groups is 1.